The van der Waals surface area contributed by atoms with Gasteiger partial charge in [0.15, 0.2) is 0 Å². The van der Waals surface area contributed by atoms with Crippen molar-refractivity contribution in [3.8, 4) is 12.1 Å². The van der Waals surface area contributed by atoms with Crippen molar-refractivity contribution in [1.29, 1.82) is 10.5 Å². The molecule has 0 aliphatic rings. The molecule has 1 amide bonds. The number of hydrogen-bond donors (Lipinski definition) is 1. The van der Waals surface area contributed by atoms with E-state index in [1.165, 1.54) is 13.8 Å². The minimum Gasteiger partial charge on any atom is -0.461 e. The average molecular weight is 427 g/mol. The number of carbonyl (C=O) groups is 2. The van der Waals surface area contributed by atoms with Crippen molar-refractivity contribution >= 4 is 20.5 Å². The first kappa shape index (κ1) is 26.0. The fourth-order valence-electron chi connectivity index (χ4n) is 1.49. The highest BCUT2D eigenvalue weighted by atomic mass is 31.2. The first-order chi connectivity index (χ1) is 13.1. The number of hydrogen-bond acceptors (Lipinski definition) is 8. The molecule has 13 heteroatoms. The van der Waals surface area contributed by atoms with Crippen LogP contribution >= 0.6 is 8.60 Å². The van der Waals surface area contributed by atoms with Crippen molar-refractivity contribution in [1.82, 2.24) is 5.32 Å². The van der Waals surface area contributed by atoms with Crippen molar-refractivity contribution in [2.45, 2.75) is 51.4 Å². The van der Waals surface area contributed by atoms with Gasteiger partial charge in [0.25, 0.3) is 0 Å². The Morgan fingerprint density at radius 3 is 1.96 bits per heavy atom. The van der Waals surface area contributed by atoms with Gasteiger partial charge in [0.2, 0.25) is 0 Å². The van der Waals surface area contributed by atoms with Crippen LogP contribution in [0.2, 0.25) is 0 Å². The Morgan fingerprint density at radius 2 is 1.54 bits per heavy atom. The minimum atomic E-state index is -5.16. The summed E-state index contributed by atoms with van der Waals surface area (Å²) in [6.45, 7) is 2.67. The zero-order valence-electron chi connectivity index (χ0n) is 15.3. The molecule has 0 aliphatic heterocycles. The van der Waals surface area contributed by atoms with Crippen molar-refractivity contribution in [3.05, 3.63) is 0 Å². The van der Waals surface area contributed by atoms with E-state index >= 15 is 0 Å². The van der Waals surface area contributed by atoms with E-state index in [4.69, 9.17) is 28.8 Å². The summed E-state index contributed by atoms with van der Waals surface area (Å²) in [5.74, 6) is -3.33. The van der Waals surface area contributed by atoms with E-state index in [1.54, 1.807) is 5.32 Å². The fraction of sp³-hybridized carbons (Fsp3) is 0.733. The Hall–Kier alpha value is -1.98. The summed E-state index contributed by atoms with van der Waals surface area (Å²) < 4.78 is 57.8. The average Bonchev–Trinajstić information content (AvgIpc) is 2.59. The molecule has 0 unspecified atom stereocenters. The van der Waals surface area contributed by atoms with Crippen LogP contribution in [-0.2, 0) is 27.9 Å². The Labute approximate surface area is 161 Å². The molecule has 0 saturated carbocycles. The van der Waals surface area contributed by atoms with Crippen LogP contribution < -0.4 is 5.32 Å². The van der Waals surface area contributed by atoms with Crippen molar-refractivity contribution < 1.29 is 41.1 Å². The number of halogens is 3. The largest absolute Gasteiger partial charge is 0.471 e. The molecule has 0 aromatic rings. The quantitative estimate of drug-likeness (QED) is 0.269. The summed E-state index contributed by atoms with van der Waals surface area (Å²) in [5.41, 5.74) is 0. The van der Waals surface area contributed by atoms with Gasteiger partial charge in [0.05, 0.1) is 50.9 Å². The number of amides is 1. The van der Waals surface area contributed by atoms with E-state index in [0.717, 1.165) is 0 Å². The molecule has 0 fully saturated rings. The molecule has 0 heterocycles. The smallest absolute Gasteiger partial charge is 0.461 e. The number of nitrogens with one attached hydrogen (secondary N) is 1. The minimum absolute atomic E-state index is 0.0155. The summed E-state index contributed by atoms with van der Waals surface area (Å²) in [4.78, 5) is 23.0. The molecular weight excluding hydrogens is 406 g/mol. The monoisotopic (exact) mass is 427 g/mol. The predicted octanol–water partition coefficient (Wildman–Crippen LogP) is 2.48. The number of rotatable bonds is 13. The first-order valence-electron chi connectivity index (χ1n) is 8.12. The molecule has 1 N–H and O–H groups in total. The molecule has 1 atom stereocenters. The summed E-state index contributed by atoms with van der Waals surface area (Å²) in [7, 11) is -1.98. The van der Waals surface area contributed by atoms with Crippen LogP contribution in [0.5, 0.6) is 0 Å². The van der Waals surface area contributed by atoms with Crippen molar-refractivity contribution in [2.75, 3.05) is 19.8 Å². The van der Waals surface area contributed by atoms with Gasteiger partial charge in [-0.3, -0.25) is 4.79 Å². The van der Waals surface area contributed by atoms with Gasteiger partial charge in [-0.1, -0.05) is 0 Å². The lowest BCUT2D eigenvalue weighted by Crippen LogP contribution is -2.48. The number of carbonyl (C=O) groups excluding carboxylic acids is 2. The first-order valence-corrected chi connectivity index (χ1v) is 9.22. The van der Waals surface area contributed by atoms with Crippen LogP contribution in [0, 0.1) is 22.7 Å². The van der Waals surface area contributed by atoms with E-state index in [0.29, 0.717) is 0 Å². The SMILES string of the molecule is CC(C)OC(=O)[C@H](CCOP(OCCC#N)OCCC#N)NC(=O)C(F)(F)F. The zero-order chi connectivity index (χ0) is 21.6. The second-order valence-electron chi connectivity index (χ2n) is 5.34. The standard InChI is InChI=1S/C15H21F3N3O6P/c1-11(2)27-13(22)12(21-14(23)15(16,17)18)5-10-26-28(24-8-3-6-19)25-9-4-7-20/h11-12H,3-5,8-10H2,1-2H3,(H,21,23)/t12-/m0/s1. The van der Waals surface area contributed by atoms with Gasteiger partial charge in [-0.25, -0.2) is 4.79 Å². The summed E-state index contributed by atoms with van der Waals surface area (Å²) in [6, 6.07) is 2.09. The Kier molecular flexibility index (Phi) is 13.1. The number of nitriles is 2. The van der Waals surface area contributed by atoms with Gasteiger partial charge in [-0.05, 0) is 13.8 Å². The van der Waals surface area contributed by atoms with Crippen LogP contribution in [0.3, 0.4) is 0 Å². The number of esters is 1. The van der Waals surface area contributed by atoms with Gasteiger partial charge in [0, 0.05) is 6.42 Å². The van der Waals surface area contributed by atoms with Crippen LogP contribution in [0.25, 0.3) is 0 Å². The highest BCUT2D eigenvalue weighted by Gasteiger charge is 2.41. The molecule has 0 rings (SSSR count). The van der Waals surface area contributed by atoms with Gasteiger partial charge < -0.3 is 23.6 Å². The highest BCUT2D eigenvalue weighted by molar-refractivity contribution is 7.41. The maximum Gasteiger partial charge on any atom is 0.471 e. The summed E-state index contributed by atoms with van der Waals surface area (Å²) in [5, 5.41) is 18.5. The molecule has 9 nitrogen and oxygen atoms in total. The maximum atomic E-state index is 12.4. The predicted molar refractivity (Wildman–Crippen MR) is 89.1 cm³/mol. The lowest BCUT2D eigenvalue weighted by atomic mass is 10.2. The second-order valence-corrected chi connectivity index (χ2v) is 6.56. The molecule has 28 heavy (non-hydrogen) atoms. The number of ether oxygens (including phenoxy) is 1. The topological polar surface area (TPSA) is 131 Å². The van der Waals surface area contributed by atoms with Crippen molar-refractivity contribution in [3.63, 3.8) is 0 Å². The fourth-order valence-corrected chi connectivity index (χ4v) is 2.45. The molecular formula is C15H21F3N3O6P. The zero-order valence-corrected chi connectivity index (χ0v) is 16.2. The number of alkyl halides is 3. The van der Waals surface area contributed by atoms with Crippen LogP contribution in [0.1, 0.15) is 33.1 Å². The molecule has 0 saturated heterocycles. The van der Waals surface area contributed by atoms with E-state index in [1.807, 2.05) is 12.1 Å². The van der Waals surface area contributed by atoms with Crippen LogP contribution in [0.15, 0.2) is 0 Å². The maximum absolute atomic E-state index is 12.4. The van der Waals surface area contributed by atoms with E-state index < -0.39 is 38.8 Å². The summed E-state index contributed by atoms with van der Waals surface area (Å²) >= 11 is 0. The Balaban J connectivity index is 4.80. The third kappa shape index (κ3) is 12.4. The third-order valence-electron chi connectivity index (χ3n) is 2.62. The third-order valence-corrected chi connectivity index (χ3v) is 3.80. The Bertz CT molecular complexity index is 557. The lowest BCUT2D eigenvalue weighted by molar-refractivity contribution is -0.176. The summed E-state index contributed by atoms with van der Waals surface area (Å²) in [6.07, 6.45) is -6.00. The van der Waals surface area contributed by atoms with Crippen molar-refractivity contribution in [2.24, 2.45) is 0 Å². The molecule has 0 aliphatic carbocycles. The van der Waals surface area contributed by atoms with E-state index in [-0.39, 0.29) is 39.1 Å². The molecule has 0 radical (unpaired) electrons. The van der Waals surface area contributed by atoms with Crippen LogP contribution in [0.4, 0.5) is 13.2 Å². The normalized spacial score (nSPS) is 12.3. The van der Waals surface area contributed by atoms with Gasteiger partial charge in [-0.15, -0.1) is 0 Å². The molecule has 0 aromatic heterocycles. The van der Waals surface area contributed by atoms with Crippen LogP contribution in [-0.4, -0.2) is 50.0 Å². The molecule has 0 aromatic carbocycles. The molecule has 158 valence electrons. The molecule has 0 bridgehead atoms. The van der Waals surface area contributed by atoms with Gasteiger partial charge >= 0.3 is 26.7 Å². The molecule has 0 spiro atoms. The van der Waals surface area contributed by atoms with E-state index in [2.05, 4.69) is 0 Å². The lowest BCUT2D eigenvalue weighted by Gasteiger charge is -2.21. The van der Waals surface area contributed by atoms with Gasteiger partial charge in [0.1, 0.15) is 6.04 Å². The van der Waals surface area contributed by atoms with Gasteiger partial charge in [-0.2, -0.15) is 23.7 Å². The van der Waals surface area contributed by atoms with E-state index in [9.17, 15) is 22.8 Å². The second kappa shape index (κ2) is 14.1. The Morgan fingerprint density at radius 1 is 1.04 bits per heavy atom. The highest BCUT2D eigenvalue weighted by Crippen LogP contribution is 2.40. The number of nitrogens with zero attached hydrogens (tertiary/aromatic N) is 2.